The summed E-state index contributed by atoms with van der Waals surface area (Å²) in [4.78, 5) is 12.2. The molecule has 1 N–H and O–H groups in total. The molecule has 0 aliphatic heterocycles. The Hall–Kier alpha value is -2.78. The Kier molecular flexibility index (Phi) is 6.05. The molecule has 3 aromatic carbocycles. The van der Waals surface area contributed by atoms with Gasteiger partial charge in [-0.1, -0.05) is 74.0 Å². The van der Waals surface area contributed by atoms with E-state index in [-0.39, 0.29) is 17.9 Å². The van der Waals surface area contributed by atoms with Crippen molar-refractivity contribution in [3.05, 3.63) is 94.5 Å². The van der Waals surface area contributed by atoms with Gasteiger partial charge < -0.3 is 10.1 Å². The molecule has 0 saturated carbocycles. The number of ether oxygens (including phenoxy) is 1. The molecular formula is C24H24ClNO2. The highest BCUT2D eigenvalue weighted by Gasteiger charge is 2.22. The minimum absolute atomic E-state index is 0.0621. The lowest BCUT2D eigenvalue weighted by atomic mass is 9.78. The van der Waals surface area contributed by atoms with Crippen LogP contribution in [0, 0.1) is 6.92 Å². The van der Waals surface area contributed by atoms with E-state index in [1.165, 1.54) is 11.1 Å². The summed E-state index contributed by atoms with van der Waals surface area (Å²) in [6, 6.07) is 23.7. The first-order valence-electron chi connectivity index (χ1n) is 9.22. The lowest BCUT2D eigenvalue weighted by Gasteiger charge is -2.26. The molecule has 0 aromatic heterocycles. The first-order chi connectivity index (χ1) is 13.4. The van der Waals surface area contributed by atoms with E-state index in [1.807, 2.05) is 43.3 Å². The van der Waals surface area contributed by atoms with Gasteiger partial charge in [-0.25, -0.2) is 0 Å². The normalized spacial score (nSPS) is 11.1. The highest BCUT2D eigenvalue weighted by Crippen LogP contribution is 2.32. The molecule has 0 bridgehead atoms. The fourth-order valence-corrected chi connectivity index (χ4v) is 3.24. The Labute approximate surface area is 171 Å². The Morgan fingerprint density at radius 2 is 1.57 bits per heavy atom. The summed E-state index contributed by atoms with van der Waals surface area (Å²) in [5, 5.41) is 3.45. The maximum atomic E-state index is 12.2. The van der Waals surface area contributed by atoms with Crippen molar-refractivity contribution in [2.45, 2.75) is 26.2 Å². The monoisotopic (exact) mass is 393 g/mol. The third-order valence-electron chi connectivity index (χ3n) is 4.98. The van der Waals surface area contributed by atoms with E-state index in [9.17, 15) is 4.79 Å². The molecule has 0 atom stereocenters. The molecule has 28 heavy (non-hydrogen) atoms. The van der Waals surface area contributed by atoms with Crippen molar-refractivity contribution < 1.29 is 9.53 Å². The van der Waals surface area contributed by atoms with Crippen LogP contribution in [-0.2, 0) is 10.2 Å². The van der Waals surface area contributed by atoms with E-state index in [0.29, 0.717) is 16.5 Å². The van der Waals surface area contributed by atoms with Crippen LogP contribution >= 0.6 is 11.6 Å². The summed E-state index contributed by atoms with van der Waals surface area (Å²) in [5.41, 5.74) is 3.86. The molecule has 0 radical (unpaired) electrons. The van der Waals surface area contributed by atoms with Crippen LogP contribution in [0.25, 0.3) is 0 Å². The highest BCUT2D eigenvalue weighted by molar-refractivity contribution is 6.31. The zero-order chi connectivity index (χ0) is 20.1. The summed E-state index contributed by atoms with van der Waals surface area (Å²) in [5.74, 6) is 0.435. The fourth-order valence-electron chi connectivity index (χ4n) is 3.07. The van der Waals surface area contributed by atoms with Crippen LogP contribution in [0.2, 0.25) is 5.02 Å². The molecule has 0 aliphatic rings. The average Bonchev–Trinajstić information content (AvgIpc) is 2.71. The molecule has 0 saturated heterocycles. The van der Waals surface area contributed by atoms with Crippen molar-refractivity contribution in [3.63, 3.8) is 0 Å². The summed E-state index contributed by atoms with van der Waals surface area (Å²) < 4.78 is 5.64. The number of carbonyl (C=O) groups excluding carboxylic acids is 1. The van der Waals surface area contributed by atoms with Gasteiger partial charge in [0.25, 0.3) is 5.91 Å². The molecule has 0 spiro atoms. The third-order valence-corrected chi connectivity index (χ3v) is 5.39. The van der Waals surface area contributed by atoms with E-state index in [1.54, 1.807) is 12.1 Å². The predicted octanol–water partition coefficient (Wildman–Crippen LogP) is 5.99. The quantitative estimate of drug-likeness (QED) is 0.558. The Morgan fingerprint density at radius 3 is 2.25 bits per heavy atom. The second kappa shape index (κ2) is 8.49. The molecule has 1 amide bonds. The number of halogens is 1. The van der Waals surface area contributed by atoms with Crippen LogP contribution in [-0.4, -0.2) is 12.5 Å². The standard InChI is InChI=1S/C24H24ClNO2/c1-17-21(25)10-7-11-22(17)26-23(27)16-28-20-14-12-19(13-15-20)24(2,3)18-8-5-4-6-9-18/h4-15H,16H2,1-3H3,(H,26,27). The SMILES string of the molecule is Cc1c(Cl)cccc1NC(=O)COc1ccc(C(C)(C)c2ccccc2)cc1. The van der Waals surface area contributed by atoms with Gasteiger partial charge in [-0.05, 0) is 47.9 Å². The Bertz CT molecular complexity index is 950. The second-order valence-corrected chi connectivity index (χ2v) is 7.67. The average molecular weight is 394 g/mol. The van der Waals surface area contributed by atoms with Crippen LogP contribution < -0.4 is 10.1 Å². The molecule has 3 rings (SSSR count). The highest BCUT2D eigenvalue weighted by atomic mass is 35.5. The lowest BCUT2D eigenvalue weighted by Crippen LogP contribution is -2.21. The topological polar surface area (TPSA) is 38.3 Å². The summed E-state index contributed by atoms with van der Waals surface area (Å²) >= 11 is 6.08. The number of hydrogen-bond donors (Lipinski definition) is 1. The smallest absolute Gasteiger partial charge is 0.262 e. The van der Waals surface area contributed by atoms with E-state index >= 15 is 0 Å². The van der Waals surface area contributed by atoms with Gasteiger partial charge in [-0.3, -0.25) is 4.79 Å². The van der Waals surface area contributed by atoms with Crippen molar-refractivity contribution in [2.75, 3.05) is 11.9 Å². The van der Waals surface area contributed by atoms with E-state index in [0.717, 1.165) is 5.56 Å². The van der Waals surface area contributed by atoms with Crippen molar-refractivity contribution >= 4 is 23.2 Å². The summed E-state index contributed by atoms with van der Waals surface area (Å²) in [6.07, 6.45) is 0. The van der Waals surface area contributed by atoms with Gasteiger partial charge in [0.1, 0.15) is 5.75 Å². The maximum Gasteiger partial charge on any atom is 0.262 e. The molecule has 0 aliphatic carbocycles. The van der Waals surface area contributed by atoms with Crippen molar-refractivity contribution in [1.82, 2.24) is 0 Å². The second-order valence-electron chi connectivity index (χ2n) is 7.26. The summed E-state index contributed by atoms with van der Waals surface area (Å²) in [7, 11) is 0. The van der Waals surface area contributed by atoms with Gasteiger partial charge in [0.2, 0.25) is 0 Å². The number of rotatable bonds is 6. The number of carbonyl (C=O) groups is 1. The Morgan fingerprint density at radius 1 is 0.929 bits per heavy atom. The number of nitrogens with one attached hydrogen (secondary N) is 1. The summed E-state index contributed by atoms with van der Waals surface area (Å²) in [6.45, 7) is 6.19. The molecular weight excluding hydrogens is 370 g/mol. The van der Waals surface area contributed by atoms with Gasteiger partial charge in [0.05, 0.1) is 0 Å². The number of anilines is 1. The number of hydrogen-bond acceptors (Lipinski definition) is 2. The predicted molar refractivity (Wildman–Crippen MR) is 115 cm³/mol. The molecule has 3 nitrogen and oxygen atoms in total. The van der Waals surface area contributed by atoms with Gasteiger partial charge >= 0.3 is 0 Å². The van der Waals surface area contributed by atoms with E-state index < -0.39 is 0 Å². The molecule has 144 valence electrons. The third kappa shape index (κ3) is 4.55. The minimum Gasteiger partial charge on any atom is -0.484 e. The Balaban J connectivity index is 1.61. The number of amides is 1. The lowest BCUT2D eigenvalue weighted by molar-refractivity contribution is -0.118. The minimum atomic E-state index is -0.223. The first-order valence-corrected chi connectivity index (χ1v) is 9.59. The van der Waals surface area contributed by atoms with E-state index in [2.05, 4.69) is 43.4 Å². The molecule has 0 heterocycles. The van der Waals surface area contributed by atoms with Gasteiger partial charge in [-0.15, -0.1) is 0 Å². The van der Waals surface area contributed by atoms with Crippen LogP contribution in [0.4, 0.5) is 5.69 Å². The molecule has 4 heteroatoms. The van der Waals surface area contributed by atoms with Crippen molar-refractivity contribution in [2.24, 2.45) is 0 Å². The van der Waals surface area contributed by atoms with Crippen LogP contribution in [0.15, 0.2) is 72.8 Å². The zero-order valence-corrected chi connectivity index (χ0v) is 17.1. The van der Waals surface area contributed by atoms with Gasteiger partial charge in [-0.2, -0.15) is 0 Å². The maximum absolute atomic E-state index is 12.2. The van der Waals surface area contributed by atoms with Crippen LogP contribution in [0.5, 0.6) is 5.75 Å². The molecule has 0 fully saturated rings. The van der Waals surface area contributed by atoms with E-state index in [4.69, 9.17) is 16.3 Å². The zero-order valence-electron chi connectivity index (χ0n) is 16.3. The van der Waals surface area contributed by atoms with Gasteiger partial charge in [0.15, 0.2) is 6.61 Å². The molecule has 0 unspecified atom stereocenters. The van der Waals surface area contributed by atoms with Crippen LogP contribution in [0.3, 0.4) is 0 Å². The largest absolute Gasteiger partial charge is 0.484 e. The van der Waals surface area contributed by atoms with Crippen molar-refractivity contribution in [3.8, 4) is 5.75 Å². The van der Waals surface area contributed by atoms with Crippen molar-refractivity contribution in [1.29, 1.82) is 0 Å². The fraction of sp³-hybridized carbons (Fsp3) is 0.208. The molecule has 3 aromatic rings. The number of benzene rings is 3. The van der Waals surface area contributed by atoms with Crippen LogP contribution in [0.1, 0.15) is 30.5 Å². The first kappa shape index (κ1) is 20.0. The van der Waals surface area contributed by atoms with Gasteiger partial charge in [0, 0.05) is 16.1 Å².